The fraction of sp³-hybridized carbons (Fsp3) is 0.222. The average molecular weight is 212 g/mol. The number of carbonyl (C=O) groups is 1. The minimum Gasteiger partial charge on any atom is -0.787 e. The van der Waals surface area contributed by atoms with Crippen molar-refractivity contribution in [2.45, 2.75) is 12.5 Å². The van der Waals surface area contributed by atoms with Gasteiger partial charge in [-0.3, -0.25) is 4.79 Å². The molecule has 0 aromatic heterocycles. The van der Waals surface area contributed by atoms with Gasteiger partial charge in [0.15, 0.2) is 11.5 Å². The Hall–Kier alpha value is -1.79. The molecule has 0 bridgehead atoms. The summed E-state index contributed by atoms with van der Waals surface area (Å²) in [6, 6.07) is 2.62. The Morgan fingerprint density at radius 2 is 2.07 bits per heavy atom. The van der Waals surface area contributed by atoms with Gasteiger partial charge in [0.1, 0.15) is 0 Å². The first-order valence-corrected chi connectivity index (χ1v) is 4.16. The van der Waals surface area contributed by atoms with E-state index in [4.69, 9.17) is 15.3 Å². The van der Waals surface area contributed by atoms with Crippen LogP contribution in [0.3, 0.4) is 0 Å². The number of rotatable bonds is 4. The Bertz CT molecular complexity index is 366. The van der Waals surface area contributed by atoms with Gasteiger partial charge in [0.2, 0.25) is 0 Å². The molecule has 0 unspecified atom stereocenters. The molecule has 0 spiro atoms. The highest BCUT2D eigenvalue weighted by Crippen LogP contribution is 2.25. The number of benzene rings is 1. The van der Waals surface area contributed by atoms with Gasteiger partial charge < -0.3 is 26.0 Å². The molecular formula is C9H10NO5-. The largest absolute Gasteiger partial charge is 0.787 e. The van der Waals surface area contributed by atoms with Gasteiger partial charge in [-0.1, -0.05) is 6.07 Å². The first-order valence-electron chi connectivity index (χ1n) is 4.16. The van der Waals surface area contributed by atoms with E-state index in [2.05, 4.69) is 0 Å². The third-order valence-corrected chi connectivity index (χ3v) is 1.92. The maximum atomic E-state index is 10.5. The summed E-state index contributed by atoms with van der Waals surface area (Å²) >= 11 is 0. The number of aromatic hydroxyl groups is 2. The molecule has 15 heavy (non-hydrogen) atoms. The van der Waals surface area contributed by atoms with Crippen molar-refractivity contribution in [3.63, 3.8) is 0 Å². The number of aliphatic carboxylic acids is 1. The summed E-state index contributed by atoms with van der Waals surface area (Å²) in [6.07, 6.45) is -0.0628. The second-order valence-corrected chi connectivity index (χ2v) is 3.04. The first-order chi connectivity index (χ1) is 7.04. The highest BCUT2D eigenvalue weighted by atomic mass is 16.5. The molecule has 4 N–H and O–H groups in total. The van der Waals surface area contributed by atoms with E-state index in [1.807, 2.05) is 0 Å². The monoisotopic (exact) mass is 212 g/mol. The molecule has 0 radical (unpaired) electrons. The van der Waals surface area contributed by atoms with E-state index in [1.165, 1.54) is 23.7 Å². The van der Waals surface area contributed by atoms with E-state index in [9.17, 15) is 10.0 Å². The van der Waals surface area contributed by atoms with Crippen molar-refractivity contribution in [3.05, 3.63) is 29.0 Å². The Labute approximate surface area is 85.4 Å². The van der Waals surface area contributed by atoms with Crippen LogP contribution in [0.15, 0.2) is 18.2 Å². The van der Waals surface area contributed by atoms with Crippen molar-refractivity contribution in [1.82, 2.24) is 5.48 Å². The van der Waals surface area contributed by atoms with Gasteiger partial charge in [0, 0.05) is 0 Å². The molecule has 0 amide bonds. The third-order valence-electron chi connectivity index (χ3n) is 1.92. The zero-order chi connectivity index (χ0) is 11.4. The van der Waals surface area contributed by atoms with Crippen molar-refractivity contribution in [3.8, 4) is 11.5 Å². The van der Waals surface area contributed by atoms with E-state index in [0.717, 1.165) is 0 Å². The Kier molecular flexibility index (Phi) is 3.48. The molecule has 82 valence electrons. The van der Waals surface area contributed by atoms with Gasteiger partial charge in [-0.15, -0.1) is 0 Å². The third kappa shape index (κ3) is 2.83. The topological polar surface area (TPSA) is 113 Å². The lowest BCUT2D eigenvalue weighted by Gasteiger charge is -2.17. The number of hydrogen-bond donors (Lipinski definition) is 4. The maximum Gasteiger partial charge on any atom is 0.320 e. The number of carboxylic acid groups (broad SMARTS) is 1. The molecule has 6 heteroatoms. The number of hydroxylamine groups is 1. The van der Waals surface area contributed by atoms with E-state index in [0.29, 0.717) is 5.56 Å². The van der Waals surface area contributed by atoms with E-state index in [-0.39, 0.29) is 17.9 Å². The van der Waals surface area contributed by atoms with Crippen LogP contribution in [-0.4, -0.2) is 27.3 Å². The lowest BCUT2D eigenvalue weighted by molar-refractivity contribution is -0.139. The maximum absolute atomic E-state index is 10.5. The zero-order valence-electron chi connectivity index (χ0n) is 7.67. The quantitative estimate of drug-likeness (QED) is 0.418. The molecular weight excluding hydrogens is 202 g/mol. The second kappa shape index (κ2) is 4.63. The zero-order valence-corrected chi connectivity index (χ0v) is 7.67. The Morgan fingerprint density at radius 3 is 2.53 bits per heavy atom. The second-order valence-electron chi connectivity index (χ2n) is 3.04. The standard InChI is InChI=1S/C9H10NO5/c11-7-2-1-5(4-8(7)12)3-6(10-15)9(13)14/h1-2,4,6,10-12H,3H2,(H,13,14)/q-1/t6-/m0/s1. The van der Waals surface area contributed by atoms with Gasteiger partial charge in [-0.05, 0) is 24.1 Å². The number of phenolic OH excluding ortho intramolecular Hbond substituents is 2. The highest BCUT2D eigenvalue weighted by molar-refractivity contribution is 5.74. The molecule has 0 fully saturated rings. The average Bonchev–Trinajstić information content (AvgIpc) is 2.19. The molecule has 0 saturated heterocycles. The fourth-order valence-electron chi connectivity index (χ4n) is 1.11. The van der Waals surface area contributed by atoms with Gasteiger partial charge in [0.05, 0.1) is 6.04 Å². The lowest BCUT2D eigenvalue weighted by Crippen LogP contribution is -2.34. The number of phenols is 2. The van der Waals surface area contributed by atoms with Gasteiger partial charge in [0.25, 0.3) is 0 Å². The number of carboxylic acids is 1. The molecule has 0 heterocycles. The van der Waals surface area contributed by atoms with Crippen LogP contribution in [0, 0.1) is 5.21 Å². The molecule has 1 aromatic carbocycles. The molecule has 1 aromatic rings. The van der Waals surface area contributed by atoms with Crippen molar-refractivity contribution >= 4 is 5.97 Å². The smallest absolute Gasteiger partial charge is 0.320 e. The molecule has 0 aliphatic carbocycles. The summed E-state index contributed by atoms with van der Waals surface area (Å²) < 4.78 is 0. The SMILES string of the molecule is O=C(O)[C@H](Cc1ccc(O)c(O)c1)N[O-]. The van der Waals surface area contributed by atoms with Gasteiger partial charge in [-0.25, -0.2) is 0 Å². The predicted molar refractivity (Wildman–Crippen MR) is 51.4 cm³/mol. The lowest BCUT2D eigenvalue weighted by atomic mass is 10.1. The van der Waals surface area contributed by atoms with Crippen LogP contribution in [0.5, 0.6) is 11.5 Å². The van der Waals surface area contributed by atoms with Crippen LogP contribution in [0.4, 0.5) is 0 Å². The van der Waals surface area contributed by atoms with Crippen LogP contribution in [0.2, 0.25) is 0 Å². The molecule has 1 atom stereocenters. The van der Waals surface area contributed by atoms with Crippen LogP contribution >= 0.6 is 0 Å². The van der Waals surface area contributed by atoms with E-state index in [1.54, 1.807) is 0 Å². The molecule has 0 aliphatic rings. The fourth-order valence-corrected chi connectivity index (χ4v) is 1.11. The van der Waals surface area contributed by atoms with E-state index < -0.39 is 12.0 Å². The Balaban J connectivity index is 2.80. The molecule has 0 saturated carbocycles. The highest BCUT2D eigenvalue weighted by Gasteiger charge is 2.14. The summed E-state index contributed by atoms with van der Waals surface area (Å²) in [5.41, 5.74) is 1.84. The minimum atomic E-state index is -1.27. The summed E-state index contributed by atoms with van der Waals surface area (Å²) in [5, 5.41) is 37.0. The summed E-state index contributed by atoms with van der Waals surface area (Å²) in [7, 11) is 0. The summed E-state index contributed by atoms with van der Waals surface area (Å²) in [5.74, 6) is -1.90. The molecule has 1 rings (SSSR count). The van der Waals surface area contributed by atoms with E-state index >= 15 is 0 Å². The van der Waals surface area contributed by atoms with Gasteiger partial charge >= 0.3 is 5.97 Å². The first kappa shape index (κ1) is 11.3. The number of hydrogen-bond acceptors (Lipinski definition) is 5. The molecule has 6 nitrogen and oxygen atoms in total. The minimum absolute atomic E-state index is 0.0628. The van der Waals surface area contributed by atoms with Crippen LogP contribution < -0.4 is 5.48 Å². The van der Waals surface area contributed by atoms with Crippen molar-refractivity contribution in [2.75, 3.05) is 0 Å². The van der Waals surface area contributed by atoms with Gasteiger partial charge in [-0.2, -0.15) is 0 Å². The number of nitrogens with one attached hydrogen (secondary N) is 1. The van der Waals surface area contributed by atoms with Crippen LogP contribution in [-0.2, 0) is 11.2 Å². The summed E-state index contributed by atoms with van der Waals surface area (Å²) in [4.78, 5) is 10.5. The molecule has 0 aliphatic heterocycles. The van der Waals surface area contributed by atoms with Crippen LogP contribution in [0.25, 0.3) is 0 Å². The Morgan fingerprint density at radius 1 is 1.40 bits per heavy atom. The van der Waals surface area contributed by atoms with Crippen molar-refractivity contribution < 1.29 is 20.1 Å². The normalized spacial score (nSPS) is 12.3. The predicted octanol–water partition coefficient (Wildman–Crippen LogP) is 0.181. The summed E-state index contributed by atoms with van der Waals surface area (Å²) in [6.45, 7) is 0. The van der Waals surface area contributed by atoms with Crippen molar-refractivity contribution in [1.29, 1.82) is 0 Å². The van der Waals surface area contributed by atoms with Crippen molar-refractivity contribution in [2.24, 2.45) is 0 Å². The van der Waals surface area contributed by atoms with Crippen LogP contribution in [0.1, 0.15) is 5.56 Å².